The van der Waals surface area contributed by atoms with Gasteiger partial charge in [0.05, 0.1) is 11.4 Å². The lowest BCUT2D eigenvalue weighted by Gasteiger charge is -2.38. The van der Waals surface area contributed by atoms with E-state index in [1.54, 1.807) is 12.1 Å². The number of anilines is 2. The zero-order valence-corrected chi connectivity index (χ0v) is 19.0. The van der Waals surface area contributed by atoms with Crippen molar-refractivity contribution in [2.75, 3.05) is 50.6 Å². The third-order valence-corrected chi connectivity index (χ3v) is 6.98. The van der Waals surface area contributed by atoms with E-state index in [4.69, 9.17) is 0 Å². The lowest BCUT2D eigenvalue weighted by atomic mass is 9.89. The molecular weight excluding hydrogens is 389 g/mol. The summed E-state index contributed by atoms with van der Waals surface area (Å²) in [7, 11) is 6.50. The van der Waals surface area contributed by atoms with Crippen LogP contribution in [0.4, 0.5) is 15.8 Å². The van der Waals surface area contributed by atoms with Gasteiger partial charge in [-0.1, -0.05) is 18.6 Å². The Balaban J connectivity index is 1.26. The van der Waals surface area contributed by atoms with E-state index >= 15 is 0 Å². The molecule has 2 atom stereocenters. The average Bonchev–Trinajstić information content (AvgIpc) is 3.05. The van der Waals surface area contributed by atoms with Crippen LogP contribution in [0.1, 0.15) is 53.9 Å². The number of ketones is 1. The van der Waals surface area contributed by atoms with Crippen LogP contribution in [-0.4, -0.2) is 57.5 Å². The van der Waals surface area contributed by atoms with Crippen molar-refractivity contribution in [3.8, 4) is 0 Å². The average molecular weight is 424 g/mol. The smallest absolute Gasteiger partial charge is 0.162 e. The van der Waals surface area contributed by atoms with Crippen LogP contribution in [0.15, 0.2) is 42.5 Å². The number of rotatable bonds is 8. The molecular formula is C26H34FN3O. The number of para-hydroxylation sites is 1. The molecule has 4 rings (SSSR count). The van der Waals surface area contributed by atoms with Crippen molar-refractivity contribution in [1.29, 1.82) is 0 Å². The van der Waals surface area contributed by atoms with Crippen molar-refractivity contribution in [1.82, 2.24) is 4.90 Å². The maximum Gasteiger partial charge on any atom is 0.162 e. The van der Waals surface area contributed by atoms with E-state index in [2.05, 4.69) is 54.0 Å². The van der Waals surface area contributed by atoms with E-state index < -0.39 is 0 Å². The van der Waals surface area contributed by atoms with Gasteiger partial charge in [-0.25, -0.2) is 4.39 Å². The third-order valence-electron chi connectivity index (χ3n) is 6.98. The largest absolute Gasteiger partial charge is 0.376 e. The summed E-state index contributed by atoms with van der Waals surface area (Å²) >= 11 is 0. The van der Waals surface area contributed by atoms with Crippen molar-refractivity contribution in [2.45, 2.75) is 44.1 Å². The predicted molar refractivity (Wildman–Crippen MR) is 126 cm³/mol. The number of benzene rings is 2. The van der Waals surface area contributed by atoms with Crippen LogP contribution in [0.5, 0.6) is 0 Å². The Morgan fingerprint density at radius 3 is 2.61 bits per heavy atom. The Morgan fingerprint density at radius 1 is 1.10 bits per heavy atom. The first-order valence-corrected chi connectivity index (χ1v) is 11.5. The highest BCUT2D eigenvalue weighted by Gasteiger charge is 2.41. The highest BCUT2D eigenvalue weighted by atomic mass is 19.1. The lowest BCUT2D eigenvalue weighted by Crippen LogP contribution is -2.45. The first-order chi connectivity index (χ1) is 15.0. The number of hydrogen-bond donors (Lipinski definition) is 0. The zero-order chi connectivity index (χ0) is 22.0. The van der Waals surface area contributed by atoms with Gasteiger partial charge in [0.1, 0.15) is 5.82 Å². The Kier molecular flexibility index (Phi) is 6.61. The van der Waals surface area contributed by atoms with Gasteiger partial charge in [-0.2, -0.15) is 0 Å². The fourth-order valence-corrected chi connectivity index (χ4v) is 5.32. The number of fused-ring (bicyclic) bond motifs is 3. The van der Waals surface area contributed by atoms with Gasteiger partial charge < -0.3 is 14.7 Å². The van der Waals surface area contributed by atoms with Crippen molar-refractivity contribution >= 4 is 17.2 Å². The second-order valence-corrected chi connectivity index (χ2v) is 9.22. The Bertz CT molecular complexity index is 911. The number of nitrogens with zero attached hydrogens (tertiary/aromatic N) is 3. The summed E-state index contributed by atoms with van der Waals surface area (Å²) < 4.78 is 13.0. The molecule has 0 N–H and O–H groups in total. The van der Waals surface area contributed by atoms with E-state index in [0.29, 0.717) is 23.9 Å². The molecule has 0 bridgehead atoms. The molecule has 4 nitrogen and oxygen atoms in total. The van der Waals surface area contributed by atoms with Crippen molar-refractivity contribution in [2.24, 2.45) is 0 Å². The molecule has 0 spiro atoms. The number of likely N-dealkylation sites (N-methyl/N-ethyl adjacent to an activating group) is 1. The van der Waals surface area contributed by atoms with Gasteiger partial charge >= 0.3 is 0 Å². The Labute approximate surface area is 185 Å². The van der Waals surface area contributed by atoms with E-state index in [0.717, 1.165) is 38.9 Å². The monoisotopic (exact) mass is 423 g/mol. The summed E-state index contributed by atoms with van der Waals surface area (Å²) in [5.74, 6) is 0.395. The van der Waals surface area contributed by atoms with Gasteiger partial charge in [0.15, 0.2) is 5.78 Å². The summed E-state index contributed by atoms with van der Waals surface area (Å²) in [6.45, 7) is 3.36. The quantitative estimate of drug-likeness (QED) is 0.444. The van der Waals surface area contributed by atoms with E-state index in [-0.39, 0.29) is 11.6 Å². The SMILES string of the molecule is CN(C)c1cccc2c1N(C)C1CCN(CCCCCC(=O)c3ccc(F)cc3)CC21. The van der Waals surface area contributed by atoms with Gasteiger partial charge in [0.25, 0.3) is 0 Å². The van der Waals surface area contributed by atoms with Crippen LogP contribution in [0.25, 0.3) is 0 Å². The standard InChI is InChI=1S/C26H34FN3O/c1-28(2)24-9-7-8-21-22-18-30(17-15-23(22)29(3)26(21)24)16-6-4-5-10-25(31)19-11-13-20(27)14-12-19/h7-9,11-14,22-23H,4-6,10,15-18H2,1-3H3. The summed E-state index contributed by atoms with van der Waals surface area (Å²) in [6.07, 6.45) is 4.81. The normalized spacial score (nSPS) is 20.5. The van der Waals surface area contributed by atoms with E-state index in [1.165, 1.54) is 35.5 Å². The number of piperidine rings is 1. The van der Waals surface area contributed by atoms with Gasteiger partial charge in [-0.3, -0.25) is 4.79 Å². The minimum Gasteiger partial charge on any atom is -0.376 e. The molecule has 2 unspecified atom stereocenters. The molecule has 0 amide bonds. The van der Waals surface area contributed by atoms with Gasteiger partial charge in [-0.05, 0) is 61.7 Å². The van der Waals surface area contributed by atoms with E-state index in [9.17, 15) is 9.18 Å². The number of halogens is 1. The molecule has 166 valence electrons. The maximum atomic E-state index is 13.0. The summed E-state index contributed by atoms with van der Waals surface area (Å²) in [5.41, 5.74) is 4.83. The summed E-state index contributed by atoms with van der Waals surface area (Å²) in [4.78, 5) is 19.6. The minimum absolute atomic E-state index is 0.114. The molecule has 1 fully saturated rings. The number of unbranched alkanes of at least 4 members (excludes halogenated alkanes) is 2. The van der Waals surface area contributed by atoms with Gasteiger partial charge in [0.2, 0.25) is 0 Å². The lowest BCUT2D eigenvalue weighted by molar-refractivity contribution is 0.0978. The van der Waals surface area contributed by atoms with Crippen LogP contribution in [0, 0.1) is 5.82 Å². The fraction of sp³-hybridized carbons (Fsp3) is 0.500. The zero-order valence-electron chi connectivity index (χ0n) is 19.0. The molecule has 5 heteroatoms. The molecule has 0 aliphatic carbocycles. The second kappa shape index (κ2) is 9.39. The van der Waals surface area contributed by atoms with Crippen molar-refractivity contribution in [3.63, 3.8) is 0 Å². The molecule has 2 aliphatic rings. The highest BCUT2D eigenvalue weighted by molar-refractivity contribution is 5.95. The Morgan fingerprint density at radius 2 is 1.87 bits per heavy atom. The molecule has 31 heavy (non-hydrogen) atoms. The third kappa shape index (κ3) is 4.62. The molecule has 2 heterocycles. The molecule has 0 aromatic heterocycles. The van der Waals surface area contributed by atoms with Crippen LogP contribution < -0.4 is 9.80 Å². The van der Waals surface area contributed by atoms with E-state index in [1.807, 2.05) is 0 Å². The van der Waals surface area contributed by atoms with Crippen LogP contribution in [0.2, 0.25) is 0 Å². The predicted octanol–water partition coefficient (Wildman–Crippen LogP) is 4.94. The van der Waals surface area contributed by atoms with Crippen molar-refractivity contribution in [3.05, 3.63) is 59.4 Å². The molecule has 2 aliphatic heterocycles. The number of hydrogen-bond acceptors (Lipinski definition) is 4. The highest BCUT2D eigenvalue weighted by Crippen LogP contribution is 2.47. The maximum absolute atomic E-state index is 13.0. The molecule has 0 saturated carbocycles. The fourth-order valence-electron chi connectivity index (χ4n) is 5.32. The second-order valence-electron chi connectivity index (χ2n) is 9.22. The Hall–Kier alpha value is -2.40. The first kappa shape index (κ1) is 21.8. The number of Topliss-reactive ketones (excluding diaryl/α,β-unsaturated/α-hetero) is 1. The van der Waals surface area contributed by atoms with Crippen LogP contribution in [-0.2, 0) is 0 Å². The number of carbonyl (C=O) groups is 1. The summed E-state index contributed by atoms with van der Waals surface area (Å²) in [5, 5.41) is 0. The van der Waals surface area contributed by atoms with Gasteiger partial charge in [0, 0.05) is 58.2 Å². The van der Waals surface area contributed by atoms with Crippen molar-refractivity contribution < 1.29 is 9.18 Å². The topological polar surface area (TPSA) is 26.8 Å². The number of likely N-dealkylation sites (tertiary alicyclic amines) is 1. The molecule has 2 aromatic rings. The number of carbonyl (C=O) groups excluding carboxylic acids is 1. The minimum atomic E-state index is -0.297. The van der Waals surface area contributed by atoms with Gasteiger partial charge in [-0.15, -0.1) is 0 Å². The summed E-state index contributed by atoms with van der Waals surface area (Å²) in [6, 6.07) is 13.2. The molecule has 1 saturated heterocycles. The molecule has 0 radical (unpaired) electrons. The van der Waals surface area contributed by atoms with Crippen LogP contribution in [0.3, 0.4) is 0 Å². The van der Waals surface area contributed by atoms with Crippen LogP contribution >= 0.6 is 0 Å². The molecule has 2 aromatic carbocycles. The first-order valence-electron chi connectivity index (χ1n) is 11.5.